The summed E-state index contributed by atoms with van der Waals surface area (Å²) in [6, 6.07) is 11.8. The van der Waals surface area contributed by atoms with Crippen LogP contribution in [0.15, 0.2) is 42.5 Å². The first kappa shape index (κ1) is 19.6. The van der Waals surface area contributed by atoms with Crippen LogP contribution in [0.1, 0.15) is 15.9 Å². The highest BCUT2D eigenvalue weighted by Crippen LogP contribution is 2.28. The van der Waals surface area contributed by atoms with Crippen molar-refractivity contribution < 1.29 is 19.2 Å². The van der Waals surface area contributed by atoms with Crippen molar-refractivity contribution in [2.75, 3.05) is 40.4 Å². The molecule has 2 aromatic rings. The fourth-order valence-corrected chi connectivity index (χ4v) is 3.24. The maximum absolute atomic E-state index is 12.8. The lowest BCUT2D eigenvalue weighted by atomic mass is 10.1. The van der Waals surface area contributed by atoms with Crippen LogP contribution >= 0.6 is 0 Å². The summed E-state index contributed by atoms with van der Waals surface area (Å²) in [5, 5.41) is 10.7. The van der Waals surface area contributed by atoms with E-state index in [2.05, 4.69) is 4.90 Å². The minimum atomic E-state index is -0.400. The predicted molar refractivity (Wildman–Crippen MR) is 104 cm³/mol. The van der Waals surface area contributed by atoms with Crippen LogP contribution in [0.25, 0.3) is 0 Å². The van der Waals surface area contributed by atoms with Gasteiger partial charge in [-0.15, -0.1) is 0 Å². The average molecular weight is 385 g/mol. The Balaban J connectivity index is 1.57. The molecule has 0 spiro atoms. The second-order valence-electron chi connectivity index (χ2n) is 6.56. The first-order valence-corrected chi connectivity index (χ1v) is 8.99. The number of carbonyl (C=O) groups excluding carboxylic acids is 1. The van der Waals surface area contributed by atoms with E-state index in [4.69, 9.17) is 9.47 Å². The molecule has 0 bridgehead atoms. The number of rotatable bonds is 6. The molecule has 1 heterocycles. The van der Waals surface area contributed by atoms with Gasteiger partial charge < -0.3 is 14.4 Å². The highest BCUT2D eigenvalue weighted by molar-refractivity contribution is 5.95. The van der Waals surface area contributed by atoms with Crippen molar-refractivity contribution in [1.82, 2.24) is 9.80 Å². The van der Waals surface area contributed by atoms with Crippen molar-refractivity contribution in [1.29, 1.82) is 0 Å². The van der Waals surface area contributed by atoms with Gasteiger partial charge >= 0.3 is 0 Å². The number of methoxy groups -OCH3 is 2. The van der Waals surface area contributed by atoms with Gasteiger partial charge in [-0.1, -0.05) is 12.1 Å². The molecule has 1 amide bonds. The van der Waals surface area contributed by atoms with Crippen molar-refractivity contribution in [2.45, 2.75) is 6.54 Å². The van der Waals surface area contributed by atoms with Crippen molar-refractivity contribution in [3.8, 4) is 11.5 Å². The fourth-order valence-electron chi connectivity index (χ4n) is 3.24. The average Bonchev–Trinajstić information content (AvgIpc) is 2.73. The number of nitro benzene ring substituents is 1. The monoisotopic (exact) mass is 385 g/mol. The van der Waals surface area contributed by atoms with E-state index in [0.717, 1.165) is 18.7 Å². The van der Waals surface area contributed by atoms with Gasteiger partial charge in [0.05, 0.1) is 19.1 Å². The maximum atomic E-state index is 12.8. The highest BCUT2D eigenvalue weighted by Gasteiger charge is 2.23. The molecule has 8 heteroatoms. The van der Waals surface area contributed by atoms with Crippen LogP contribution < -0.4 is 9.47 Å². The molecular formula is C20H23N3O5. The van der Waals surface area contributed by atoms with Crippen LogP contribution in [0.4, 0.5) is 5.69 Å². The Kier molecular flexibility index (Phi) is 6.10. The summed E-state index contributed by atoms with van der Waals surface area (Å²) in [5.74, 6) is 1.09. The van der Waals surface area contributed by atoms with E-state index < -0.39 is 4.92 Å². The van der Waals surface area contributed by atoms with Gasteiger partial charge in [-0.25, -0.2) is 0 Å². The Morgan fingerprint density at radius 1 is 1.00 bits per heavy atom. The standard InChI is InChI=1S/C20H23N3O5/c1-27-18-8-5-16(13-19(18)28-2)20(24)22-11-9-21(10-12-22)14-15-3-6-17(7-4-15)23(25)26/h3-8,13H,9-12,14H2,1-2H3. The van der Waals surface area contributed by atoms with Crippen LogP contribution in [0, 0.1) is 10.1 Å². The molecule has 8 nitrogen and oxygen atoms in total. The molecule has 148 valence electrons. The summed E-state index contributed by atoms with van der Waals surface area (Å²) < 4.78 is 10.5. The topological polar surface area (TPSA) is 85.2 Å². The number of hydrogen-bond donors (Lipinski definition) is 0. The SMILES string of the molecule is COc1ccc(C(=O)N2CCN(Cc3ccc([N+](=O)[O-])cc3)CC2)cc1OC. The molecule has 0 aromatic heterocycles. The minimum Gasteiger partial charge on any atom is -0.493 e. The second-order valence-corrected chi connectivity index (χ2v) is 6.56. The Bertz CT molecular complexity index is 845. The van der Waals surface area contributed by atoms with Crippen molar-refractivity contribution in [2.24, 2.45) is 0 Å². The molecule has 0 saturated carbocycles. The number of nitro groups is 1. The van der Waals surface area contributed by atoms with Gasteiger partial charge in [0.1, 0.15) is 0 Å². The van der Waals surface area contributed by atoms with E-state index in [1.165, 1.54) is 12.1 Å². The molecule has 1 fully saturated rings. The van der Waals surface area contributed by atoms with Gasteiger partial charge in [0, 0.05) is 50.4 Å². The lowest BCUT2D eigenvalue weighted by Crippen LogP contribution is -2.48. The molecule has 0 aliphatic carbocycles. The summed E-state index contributed by atoms with van der Waals surface area (Å²) in [7, 11) is 3.10. The third-order valence-electron chi connectivity index (χ3n) is 4.84. The Morgan fingerprint density at radius 2 is 1.64 bits per heavy atom. The van der Waals surface area contributed by atoms with Crippen molar-refractivity contribution in [3.63, 3.8) is 0 Å². The van der Waals surface area contributed by atoms with Gasteiger partial charge in [0.2, 0.25) is 0 Å². The van der Waals surface area contributed by atoms with E-state index in [1.54, 1.807) is 44.6 Å². The first-order chi connectivity index (χ1) is 13.5. The van der Waals surface area contributed by atoms with Gasteiger partial charge in [0.15, 0.2) is 11.5 Å². The second kappa shape index (κ2) is 8.71. The molecule has 0 unspecified atom stereocenters. The Labute approximate surface area is 163 Å². The first-order valence-electron chi connectivity index (χ1n) is 8.99. The number of nitrogens with zero attached hydrogens (tertiary/aromatic N) is 3. The van der Waals surface area contributed by atoms with Gasteiger partial charge in [-0.2, -0.15) is 0 Å². The molecule has 28 heavy (non-hydrogen) atoms. The fraction of sp³-hybridized carbons (Fsp3) is 0.350. The van der Waals surface area contributed by atoms with E-state index in [0.29, 0.717) is 36.7 Å². The number of amides is 1. The van der Waals surface area contributed by atoms with E-state index in [-0.39, 0.29) is 11.6 Å². The molecule has 1 aliphatic heterocycles. The summed E-state index contributed by atoms with van der Waals surface area (Å²) in [6.07, 6.45) is 0. The summed E-state index contributed by atoms with van der Waals surface area (Å²) >= 11 is 0. The van der Waals surface area contributed by atoms with Crippen LogP contribution in [-0.4, -0.2) is 61.0 Å². The number of benzene rings is 2. The van der Waals surface area contributed by atoms with Crippen LogP contribution in [0.3, 0.4) is 0 Å². The summed E-state index contributed by atoms with van der Waals surface area (Å²) in [4.78, 5) is 27.2. The van der Waals surface area contributed by atoms with Gasteiger partial charge in [0.25, 0.3) is 11.6 Å². The molecule has 1 aliphatic rings. The van der Waals surface area contributed by atoms with Crippen LogP contribution in [-0.2, 0) is 6.54 Å². The lowest BCUT2D eigenvalue weighted by molar-refractivity contribution is -0.384. The predicted octanol–water partition coefficient (Wildman–Crippen LogP) is 2.57. The zero-order valence-corrected chi connectivity index (χ0v) is 16.0. The molecular weight excluding hydrogens is 362 g/mol. The van der Waals surface area contributed by atoms with Crippen molar-refractivity contribution in [3.05, 3.63) is 63.7 Å². The molecule has 2 aromatic carbocycles. The Morgan fingerprint density at radius 3 is 2.21 bits per heavy atom. The third-order valence-corrected chi connectivity index (χ3v) is 4.84. The molecule has 1 saturated heterocycles. The minimum absolute atomic E-state index is 0.0315. The van der Waals surface area contributed by atoms with Gasteiger partial charge in [-0.05, 0) is 23.8 Å². The molecule has 0 atom stereocenters. The highest BCUT2D eigenvalue weighted by atomic mass is 16.6. The molecule has 0 radical (unpaired) electrons. The third kappa shape index (κ3) is 4.40. The zero-order valence-electron chi connectivity index (χ0n) is 16.0. The van der Waals surface area contributed by atoms with E-state index in [1.807, 2.05) is 4.90 Å². The number of hydrogen-bond acceptors (Lipinski definition) is 6. The Hall–Kier alpha value is -3.13. The quantitative estimate of drug-likeness (QED) is 0.561. The molecule has 0 N–H and O–H groups in total. The largest absolute Gasteiger partial charge is 0.493 e. The number of carbonyl (C=O) groups is 1. The number of ether oxygens (including phenoxy) is 2. The summed E-state index contributed by atoms with van der Waals surface area (Å²) in [6.45, 7) is 3.45. The number of piperazine rings is 1. The maximum Gasteiger partial charge on any atom is 0.269 e. The van der Waals surface area contributed by atoms with Crippen LogP contribution in [0.5, 0.6) is 11.5 Å². The van der Waals surface area contributed by atoms with Crippen molar-refractivity contribution >= 4 is 11.6 Å². The number of non-ortho nitro benzene ring substituents is 1. The normalized spacial score (nSPS) is 14.6. The lowest BCUT2D eigenvalue weighted by Gasteiger charge is -2.34. The zero-order chi connectivity index (χ0) is 20.1. The van der Waals surface area contributed by atoms with E-state index >= 15 is 0 Å². The summed E-state index contributed by atoms with van der Waals surface area (Å²) in [5.41, 5.74) is 1.68. The smallest absolute Gasteiger partial charge is 0.269 e. The van der Waals surface area contributed by atoms with Crippen LogP contribution in [0.2, 0.25) is 0 Å². The molecule has 3 rings (SSSR count). The van der Waals surface area contributed by atoms with E-state index in [9.17, 15) is 14.9 Å². The van der Waals surface area contributed by atoms with Gasteiger partial charge in [-0.3, -0.25) is 19.8 Å².